The number of likely N-dealkylation sites (tertiary alicyclic amines) is 1. The van der Waals surface area contributed by atoms with E-state index in [1.165, 1.54) is 19.2 Å². The zero-order valence-corrected chi connectivity index (χ0v) is 12.1. The Kier molecular flexibility index (Phi) is 4.74. The van der Waals surface area contributed by atoms with E-state index in [1.807, 2.05) is 0 Å². The van der Waals surface area contributed by atoms with Crippen molar-refractivity contribution < 1.29 is 17.9 Å². The quantitative estimate of drug-likeness (QED) is 0.774. The Hall–Kier alpha value is -1.44. The van der Waals surface area contributed by atoms with Gasteiger partial charge in [-0.3, -0.25) is 4.79 Å². The summed E-state index contributed by atoms with van der Waals surface area (Å²) in [5.41, 5.74) is 0.514. The molecule has 1 heterocycles. The molecule has 1 fully saturated rings. The molecule has 0 bridgehead atoms. The maximum atomic E-state index is 11.9. The van der Waals surface area contributed by atoms with Crippen LogP contribution < -0.4 is 4.72 Å². The van der Waals surface area contributed by atoms with Crippen LogP contribution in [0.3, 0.4) is 0 Å². The number of hydrogen-bond donors (Lipinski definition) is 1. The van der Waals surface area contributed by atoms with E-state index in [0.29, 0.717) is 12.2 Å². The summed E-state index contributed by atoms with van der Waals surface area (Å²) in [4.78, 5) is 13.8. The smallest absolute Gasteiger partial charge is 0.253 e. The van der Waals surface area contributed by atoms with Gasteiger partial charge in [-0.25, -0.2) is 13.1 Å². The van der Waals surface area contributed by atoms with Gasteiger partial charge >= 0.3 is 0 Å². The molecule has 0 aromatic heterocycles. The molecule has 1 N–H and O–H groups in total. The zero-order valence-electron chi connectivity index (χ0n) is 11.3. The summed E-state index contributed by atoms with van der Waals surface area (Å²) in [6.07, 6.45) is 1.03. The number of ether oxygens (including phenoxy) is 1. The van der Waals surface area contributed by atoms with Gasteiger partial charge in [0.1, 0.15) is 0 Å². The molecule has 6 nitrogen and oxygen atoms in total. The standard InChI is InChI=1S/C13H18N2O4S/c1-19-10-7-14-20(17,18)12-5-3-11(4-6-12)13(16)15-8-2-9-15/h3-6,14H,2,7-10H2,1H3. The second-order valence-corrected chi connectivity index (χ2v) is 6.33. The number of nitrogens with zero attached hydrogens (tertiary/aromatic N) is 1. The normalized spacial score (nSPS) is 14.9. The summed E-state index contributed by atoms with van der Waals surface area (Å²) in [6, 6.07) is 5.99. The first kappa shape index (κ1) is 15.0. The van der Waals surface area contributed by atoms with E-state index in [-0.39, 0.29) is 17.3 Å². The molecule has 20 heavy (non-hydrogen) atoms. The third-order valence-corrected chi connectivity index (χ3v) is 4.63. The first-order chi connectivity index (χ1) is 9.54. The summed E-state index contributed by atoms with van der Waals surface area (Å²) < 4.78 is 31.1. The highest BCUT2D eigenvalue weighted by atomic mass is 32.2. The topological polar surface area (TPSA) is 75.7 Å². The molecule has 0 unspecified atom stereocenters. The molecule has 2 rings (SSSR count). The van der Waals surface area contributed by atoms with Crippen molar-refractivity contribution in [3.63, 3.8) is 0 Å². The maximum absolute atomic E-state index is 11.9. The van der Waals surface area contributed by atoms with Crippen LogP contribution >= 0.6 is 0 Å². The number of carbonyl (C=O) groups excluding carboxylic acids is 1. The fourth-order valence-electron chi connectivity index (χ4n) is 1.84. The van der Waals surface area contributed by atoms with E-state index < -0.39 is 10.0 Å². The Balaban J connectivity index is 2.05. The van der Waals surface area contributed by atoms with Crippen LogP contribution in [0.4, 0.5) is 0 Å². The first-order valence-electron chi connectivity index (χ1n) is 6.42. The number of rotatable bonds is 6. The summed E-state index contributed by atoms with van der Waals surface area (Å²) in [5.74, 6) is -0.0486. The molecule has 1 aliphatic heterocycles. The monoisotopic (exact) mass is 298 g/mol. The van der Waals surface area contributed by atoms with Gasteiger partial charge in [-0.2, -0.15) is 0 Å². The van der Waals surface area contributed by atoms with Gasteiger partial charge in [-0.1, -0.05) is 0 Å². The van der Waals surface area contributed by atoms with Crippen LogP contribution in [0.25, 0.3) is 0 Å². The Bertz CT molecular complexity index is 565. The van der Waals surface area contributed by atoms with Crippen molar-refractivity contribution in [3.8, 4) is 0 Å². The molecule has 0 spiro atoms. The Morgan fingerprint density at radius 1 is 1.30 bits per heavy atom. The lowest BCUT2D eigenvalue weighted by atomic mass is 10.1. The van der Waals surface area contributed by atoms with Crippen LogP contribution in [0.5, 0.6) is 0 Å². The minimum atomic E-state index is -3.54. The number of benzene rings is 1. The van der Waals surface area contributed by atoms with Crippen molar-refractivity contribution >= 4 is 15.9 Å². The SMILES string of the molecule is COCCNS(=O)(=O)c1ccc(C(=O)N2CCC2)cc1. The molecule has 0 atom stereocenters. The van der Waals surface area contributed by atoms with E-state index in [9.17, 15) is 13.2 Å². The molecule has 1 aromatic rings. The van der Waals surface area contributed by atoms with Crippen molar-refractivity contribution in [2.45, 2.75) is 11.3 Å². The summed E-state index contributed by atoms with van der Waals surface area (Å²) in [7, 11) is -2.04. The number of carbonyl (C=O) groups is 1. The van der Waals surface area contributed by atoms with Gasteiger partial charge in [0.15, 0.2) is 0 Å². The van der Waals surface area contributed by atoms with Crippen molar-refractivity contribution in [1.82, 2.24) is 9.62 Å². The highest BCUT2D eigenvalue weighted by Crippen LogP contribution is 2.15. The lowest BCUT2D eigenvalue weighted by Gasteiger charge is -2.30. The van der Waals surface area contributed by atoms with Crippen molar-refractivity contribution in [1.29, 1.82) is 0 Å². The van der Waals surface area contributed by atoms with Crippen molar-refractivity contribution in [2.75, 3.05) is 33.4 Å². The minimum Gasteiger partial charge on any atom is -0.383 e. The van der Waals surface area contributed by atoms with E-state index in [1.54, 1.807) is 17.0 Å². The summed E-state index contributed by atoms with van der Waals surface area (Å²) in [5, 5.41) is 0. The predicted molar refractivity (Wildman–Crippen MR) is 74.0 cm³/mol. The number of amides is 1. The third-order valence-electron chi connectivity index (χ3n) is 3.15. The lowest BCUT2D eigenvalue weighted by molar-refractivity contribution is 0.0651. The predicted octanol–water partition coefficient (Wildman–Crippen LogP) is 0.457. The average molecular weight is 298 g/mol. The minimum absolute atomic E-state index is 0.0486. The molecular weight excluding hydrogens is 280 g/mol. The van der Waals surface area contributed by atoms with E-state index in [0.717, 1.165) is 19.5 Å². The average Bonchev–Trinajstić information content (AvgIpc) is 2.37. The molecule has 110 valence electrons. The zero-order chi connectivity index (χ0) is 14.6. The Labute approximate surface area is 118 Å². The fourth-order valence-corrected chi connectivity index (χ4v) is 2.85. The molecule has 0 saturated carbocycles. The van der Waals surface area contributed by atoms with Gasteiger partial charge in [-0.05, 0) is 30.7 Å². The van der Waals surface area contributed by atoms with Crippen LogP contribution in [0, 0.1) is 0 Å². The van der Waals surface area contributed by atoms with Gasteiger partial charge < -0.3 is 9.64 Å². The van der Waals surface area contributed by atoms with Crippen molar-refractivity contribution in [2.24, 2.45) is 0 Å². The largest absolute Gasteiger partial charge is 0.383 e. The van der Waals surface area contributed by atoms with E-state index in [2.05, 4.69) is 4.72 Å². The summed E-state index contributed by atoms with van der Waals surface area (Å²) in [6.45, 7) is 2.08. The van der Waals surface area contributed by atoms with Crippen LogP contribution in [0.1, 0.15) is 16.8 Å². The fraction of sp³-hybridized carbons (Fsp3) is 0.462. The third kappa shape index (κ3) is 3.36. The van der Waals surface area contributed by atoms with Gasteiger partial charge in [0.05, 0.1) is 11.5 Å². The number of hydrogen-bond acceptors (Lipinski definition) is 4. The molecule has 1 saturated heterocycles. The number of methoxy groups -OCH3 is 1. The second kappa shape index (κ2) is 6.34. The molecule has 1 aromatic carbocycles. The van der Waals surface area contributed by atoms with Gasteiger partial charge in [-0.15, -0.1) is 0 Å². The van der Waals surface area contributed by atoms with Crippen molar-refractivity contribution in [3.05, 3.63) is 29.8 Å². The molecular formula is C13H18N2O4S. The van der Waals surface area contributed by atoms with Gasteiger partial charge in [0.25, 0.3) is 5.91 Å². The molecule has 7 heteroatoms. The Morgan fingerprint density at radius 3 is 2.45 bits per heavy atom. The van der Waals surface area contributed by atoms with Gasteiger partial charge in [0, 0.05) is 32.3 Å². The maximum Gasteiger partial charge on any atom is 0.253 e. The van der Waals surface area contributed by atoms with Crippen LogP contribution in [-0.2, 0) is 14.8 Å². The van der Waals surface area contributed by atoms with Crippen LogP contribution in [0.15, 0.2) is 29.2 Å². The first-order valence-corrected chi connectivity index (χ1v) is 7.91. The van der Waals surface area contributed by atoms with Crippen LogP contribution in [-0.4, -0.2) is 52.6 Å². The van der Waals surface area contributed by atoms with E-state index in [4.69, 9.17) is 4.74 Å². The highest BCUT2D eigenvalue weighted by molar-refractivity contribution is 7.89. The van der Waals surface area contributed by atoms with Gasteiger partial charge in [0.2, 0.25) is 10.0 Å². The molecule has 1 aliphatic rings. The number of sulfonamides is 1. The second-order valence-electron chi connectivity index (χ2n) is 4.56. The molecule has 0 radical (unpaired) electrons. The molecule has 0 aliphatic carbocycles. The number of nitrogens with one attached hydrogen (secondary N) is 1. The Morgan fingerprint density at radius 2 is 1.95 bits per heavy atom. The summed E-state index contributed by atoms with van der Waals surface area (Å²) >= 11 is 0. The van der Waals surface area contributed by atoms with Crippen LogP contribution in [0.2, 0.25) is 0 Å². The lowest BCUT2D eigenvalue weighted by Crippen LogP contribution is -2.42. The highest BCUT2D eigenvalue weighted by Gasteiger charge is 2.22. The van der Waals surface area contributed by atoms with E-state index >= 15 is 0 Å². The molecule has 1 amide bonds.